The van der Waals surface area contributed by atoms with E-state index in [2.05, 4.69) is 9.71 Å². The van der Waals surface area contributed by atoms with E-state index in [-0.39, 0.29) is 11.8 Å². The Balaban J connectivity index is 2.70. The van der Waals surface area contributed by atoms with Gasteiger partial charge in [-0.05, 0) is 25.5 Å². The first kappa shape index (κ1) is 11.1. The molecule has 4 nitrogen and oxygen atoms in total. The lowest BCUT2D eigenvalue weighted by atomic mass is 10.3. The quantitative estimate of drug-likeness (QED) is 0.810. The second kappa shape index (κ2) is 4.52. The summed E-state index contributed by atoms with van der Waals surface area (Å²) in [5.41, 5.74) is 0.695. The average molecular weight is 214 g/mol. The lowest BCUT2D eigenvalue weighted by molar-refractivity contribution is 0.569. The summed E-state index contributed by atoms with van der Waals surface area (Å²) in [5.74, 6) is -0.0149. The molecule has 14 heavy (non-hydrogen) atoms. The zero-order valence-corrected chi connectivity index (χ0v) is 9.08. The number of rotatable bonds is 4. The average Bonchev–Trinajstić information content (AvgIpc) is 2.02. The van der Waals surface area contributed by atoms with Crippen LogP contribution in [0.15, 0.2) is 24.5 Å². The Morgan fingerprint density at radius 3 is 2.71 bits per heavy atom. The molecule has 0 aliphatic heterocycles. The van der Waals surface area contributed by atoms with Crippen LogP contribution in [0.1, 0.15) is 19.4 Å². The molecule has 0 radical (unpaired) electrons. The molecule has 0 unspecified atom stereocenters. The highest BCUT2D eigenvalue weighted by Crippen LogP contribution is 2.02. The third kappa shape index (κ3) is 3.85. The maximum absolute atomic E-state index is 11.5. The van der Waals surface area contributed by atoms with E-state index in [1.54, 1.807) is 38.4 Å². The van der Waals surface area contributed by atoms with Crippen LogP contribution in [0.2, 0.25) is 0 Å². The molecule has 1 aromatic rings. The molecular formula is C9H14N2O2S. The van der Waals surface area contributed by atoms with Crippen LogP contribution in [0.25, 0.3) is 0 Å². The van der Waals surface area contributed by atoms with E-state index in [1.807, 2.05) is 0 Å². The normalized spacial score (nSPS) is 11.9. The SMILES string of the molecule is CC(C)NS(=O)(=O)Cc1cccnc1. The fourth-order valence-electron chi connectivity index (χ4n) is 1.10. The van der Waals surface area contributed by atoms with E-state index in [4.69, 9.17) is 0 Å². The molecule has 0 bridgehead atoms. The summed E-state index contributed by atoms with van der Waals surface area (Å²) < 4.78 is 25.5. The molecule has 0 saturated carbocycles. The number of nitrogens with one attached hydrogen (secondary N) is 1. The second-order valence-corrected chi connectivity index (χ2v) is 5.15. The van der Waals surface area contributed by atoms with Gasteiger partial charge in [-0.25, -0.2) is 13.1 Å². The van der Waals surface area contributed by atoms with Crippen LogP contribution in [-0.4, -0.2) is 19.4 Å². The molecule has 1 aromatic heterocycles. The fraction of sp³-hybridized carbons (Fsp3) is 0.444. The highest BCUT2D eigenvalue weighted by atomic mass is 32.2. The van der Waals surface area contributed by atoms with E-state index in [0.29, 0.717) is 5.56 Å². The molecule has 0 aliphatic rings. The minimum absolute atomic E-state index is 0.0149. The lowest BCUT2D eigenvalue weighted by Crippen LogP contribution is -2.31. The van der Waals surface area contributed by atoms with Gasteiger partial charge < -0.3 is 0 Å². The second-order valence-electron chi connectivity index (χ2n) is 3.39. The van der Waals surface area contributed by atoms with Gasteiger partial charge >= 0.3 is 0 Å². The van der Waals surface area contributed by atoms with Gasteiger partial charge in [-0.15, -0.1) is 0 Å². The topological polar surface area (TPSA) is 59.1 Å². The van der Waals surface area contributed by atoms with Gasteiger partial charge in [0.05, 0.1) is 5.75 Å². The van der Waals surface area contributed by atoms with Crippen molar-refractivity contribution >= 4 is 10.0 Å². The molecule has 0 saturated heterocycles. The molecule has 1 N–H and O–H groups in total. The maximum atomic E-state index is 11.5. The molecule has 0 atom stereocenters. The number of aromatic nitrogens is 1. The predicted molar refractivity (Wildman–Crippen MR) is 55.1 cm³/mol. The van der Waals surface area contributed by atoms with E-state index < -0.39 is 10.0 Å². The molecule has 78 valence electrons. The summed E-state index contributed by atoms with van der Waals surface area (Å²) in [6.45, 7) is 3.58. The zero-order valence-electron chi connectivity index (χ0n) is 8.27. The number of nitrogens with zero attached hydrogens (tertiary/aromatic N) is 1. The highest BCUT2D eigenvalue weighted by molar-refractivity contribution is 7.88. The molecule has 1 rings (SSSR count). The van der Waals surface area contributed by atoms with Crippen molar-refractivity contribution in [2.45, 2.75) is 25.6 Å². The van der Waals surface area contributed by atoms with Crippen LogP contribution >= 0.6 is 0 Å². The Bertz CT molecular complexity index is 373. The smallest absolute Gasteiger partial charge is 0.216 e. The monoisotopic (exact) mass is 214 g/mol. The van der Waals surface area contributed by atoms with Crippen LogP contribution in [0, 0.1) is 0 Å². The van der Waals surface area contributed by atoms with Gasteiger partial charge in [0.25, 0.3) is 0 Å². The lowest BCUT2D eigenvalue weighted by Gasteiger charge is -2.08. The Labute approximate surface area is 84.4 Å². The Morgan fingerprint density at radius 1 is 1.50 bits per heavy atom. The van der Waals surface area contributed by atoms with Crippen molar-refractivity contribution in [1.82, 2.24) is 9.71 Å². The largest absolute Gasteiger partial charge is 0.264 e. The summed E-state index contributed by atoms with van der Waals surface area (Å²) in [6.07, 6.45) is 3.17. The summed E-state index contributed by atoms with van der Waals surface area (Å²) in [7, 11) is -3.22. The summed E-state index contributed by atoms with van der Waals surface area (Å²) >= 11 is 0. The number of hydrogen-bond acceptors (Lipinski definition) is 3. The van der Waals surface area contributed by atoms with Crippen LogP contribution in [0.3, 0.4) is 0 Å². The molecule has 5 heteroatoms. The van der Waals surface area contributed by atoms with Crippen molar-refractivity contribution in [2.24, 2.45) is 0 Å². The van der Waals surface area contributed by atoms with Crippen molar-refractivity contribution in [3.8, 4) is 0 Å². The minimum Gasteiger partial charge on any atom is -0.264 e. The first-order chi connectivity index (χ1) is 6.49. The first-order valence-corrected chi connectivity index (χ1v) is 6.04. The highest BCUT2D eigenvalue weighted by Gasteiger charge is 2.12. The Kier molecular flexibility index (Phi) is 3.60. The van der Waals surface area contributed by atoms with E-state index in [0.717, 1.165) is 0 Å². The van der Waals surface area contributed by atoms with Crippen molar-refractivity contribution < 1.29 is 8.42 Å². The van der Waals surface area contributed by atoms with Gasteiger partial charge in [-0.1, -0.05) is 6.07 Å². The van der Waals surface area contributed by atoms with Gasteiger partial charge in [0.15, 0.2) is 0 Å². The van der Waals surface area contributed by atoms with Crippen LogP contribution in [-0.2, 0) is 15.8 Å². The Morgan fingerprint density at radius 2 is 2.21 bits per heavy atom. The third-order valence-electron chi connectivity index (χ3n) is 1.49. The van der Waals surface area contributed by atoms with Crippen molar-refractivity contribution in [2.75, 3.05) is 0 Å². The number of pyridine rings is 1. The third-order valence-corrected chi connectivity index (χ3v) is 3.04. The molecule has 1 heterocycles. The van der Waals surface area contributed by atoms with Crippen molar-refractivity contribution in [1.29, 1.82) is 0 Å². The van der Waals surface area contributed by atoms with E-state index in [9.17, 15) is 8.42 Å². The summed E-state index contributed by atoms with van der Waals surface area (Å²) in [5, 5.41) is 0. The molecule has 0 aliphatic carbocycles. The molecule has 0 fully saturated rings. The number of hydrogen-bond donors (Lipinski definition) is 1. The van der Waals surface area contributed by atoms with Gasteiger partial charge in [-0.3, -0.25) is 4.98 Å². The summed E-state index contributed by atoms with van der Waals surface area (Å²) in [6, 6.07) is 3.39. The van der Waals surface area contributed by atoms with E-state index in [1.165, 1.54) is 0 Å². The van der Waals surface area contributed by atoms with Gasteiger partial charge in [0.1, 0.15) is 0 Å². The first-order valence-electron chi connectivity index (χ1n) is 4.38. The van der Waals surface area contributed by atoms with Crippen molar-refractivity contribution in [3.05, 3.63) is 30.1 Å². The van der Waals surface area contributed by atoms with E-state index >= 15 is 0 Å². The molecule has 0 amide bonds. The standard InChI is InChI=1S/C9H14N2O2S/c1-8(2)11-14(12,13)7-9-4-3-5-10-6-9/h3-6,8,11H,7H2,1-2H3. The zero-order chi connectivity index (χ0) is 10.6. The summed E-state index contributed by atoms with van der Waals surface area (Å²) in [4.78, 5) is 3.86. The molecular weight excluding hydrogens is 200 g/mol. The predicted octanol–water partition coefficient (Wildman–Crippen LogP) is 0.909. The molecule has 0 aromatic carbocycles. The minimum atomic E-state index is -3.22. The van der Waals surface area contributed by atoms with Gasteiger partial charge in [-0.2, -0.15) is 0 Å². The van der Waals surface area contributed by atoms with Crippen molar-refractivity contribution in [3.63, 3.8) is 0 Å². The fourth-order valence-corrected chi connectivity index (χ4v) is 2.51. The van der Waals surface area contributed by atoms with Gasteiger partial charge in [0.2, 0.25) is 10.0 Å². The Hall–Kier alpha value is -0.940. The van der Waals surface area contributed by atoms with Crippen LogP contribution in [0.4, 0.5) is 0 Å². The molecule has 0 spiro atoms. The van der Waals surface area contributed by atoms with Gasteiger partial charge in [0, 0.05) is 18.4 Å². The number of sulfonamides is 1. The van der Waals surface area contributed by atoms with Crippen LogP contribution in [0.5, 0.6) is 0 Å². The van der Waals surface area contributed by atoms with Crippen LogP contribution < -0.4 is 4.72 Å². The maximum Gasteiger partial charge on any atom is 0.216 e.